The first-order valence-corrected chi connectivity index (χ1v) is 7.96. The Bertz CT molecular complexity index is 539. The number of ether oxygens (including phenoxy) is 1. The van der Waals surface area contributed by atoms with Crippen LogP contribution in [0, 0.1) is 13.8 Å². The molecular weight excluding hydrogens is 322 g/mol. The van der Waals surface area contributed by atoms with Gasteiger partial charge >= 0.3 is 0 Å². The average molecular weight is 340 g/mol. The van der Waals surface area contributed by atoms with Gasteiger partial charge in [0, 0.05) is 18.0 Å². The maximum absolute atomic E-state index is 5.74. The molecule has 4 heteroatoms. The normalized spacial score (nSPS) is 10.7. The van der Waals surface area contributed by atoms with Crippen molar-refractivity contribution in [2.75, 3.05) is 13.2 Å². The first kappa shape index (κ1) is 14.6. The molecule has 0 spiro atoms. The molecule has 0 unspecified atom stereocenters. The van der Waals surface area contributed by atoms with Crippen molar-refractivity contribution in [1.82, 2.24) is 5.32 Å². The highest BCUT2D eigenvalue weighted by Gasteiger charge is 2.01. The van der Waals surface area contributed by atoms with E-state index in [0.717, 1.165) is 23.3 Å². The zero-order valence-corrected chi connectivity index (χ0v) is 13.6. The van der Waals surface area contributed by atoms with Crippen LogP contribution in [0.1, 0.15) is 16.0 Å². The molecule has 0 radical (unpaired) electrons. The fraction of sp³-hybridized carbons (Fsp3) is 0.333. The number of hydrogen-bond donors (Lipinski definition) is 1. The van der Waals surface area contributed by atoms with Gasteiger partial charge in [0.15, 0.2) is 0 Å². The first-order valence-electron chi connectivity index (χ1n) is 6.29. The van der Waals surface area contributed by atoms with E-state index < -0.39 is 0 Å². The summed E-state index contributed by atoms with van der Waals surface area (Å²) in [6.45, 7) is 6.65. The molecule has 0 fully saturated rings. The van der Waals surface area contributed by atoms with Gasteiger partial charge in [-0.15, -0.1) is 11.3 Å². The lowest BCUT2D eigenvalue weighted by Crippen LogP contribution is -2.20. The van der Waals surface area contributed by atoms with Gasteiger partial charge in [-0.2, -0.15) is 0 Å². The van der Waals surface area contributed by atoms with Crippen molar-refractivity contribution in [3.05, 3.63) is 50.1 Å². The molecule has 0 bridgehead atoms. The predicted octanol–water partition coefficient (Wildman–Crippen LogP) is 4.30. The van der Waals surface area contributed by atoms with E-state index in [2.05, 4.69) is 58.7 Å². The van der Waals surface area contributed by atoms with E-state index >= 15 is 0 Å². The predicted molar refractivity (Wildman–Crippen MR) is 85.1 cm³/mol. The fourth-order valence-electron chi connectivity index (χ4n) is 1.74. The Balaban J connectivity index is 1.71. The summed E-state index contributed by atoms with van der Waals surface area (Å²) in [4.78, 5) is 1.40. The topological polar surface area (TPSA) is 21.3 Å². The van der Waals surface area contributed by atoms with Crippen LogP contribution in [0.4, 0.5) is 0 Å². The van der Waals surface area contributed by atoms with Gasteiger partial charge in [0.25, 0.3) is 0 Å². The van der Waals surface area contributed by atoms with E-state index in [0.29, 0.717) is 6.61 Å². The number of rotatable bonds is 6. The smallest absolute Gasteiger partial charge is 0.133 e. The molecule has 0 aliphatic carbocycles. The van der Waals surface area contributed by atoms with Crippen LogP contribution in [-0.2, 0) is 6.54 Å². The minimum atomic E-state index is 0.673. The molecule has 1 heterocycles. The van der Waals surface area contributed by atoms with Crippen molar-refractivity contribution < 1.29 is 4.74 Å². The zero-order chi connectivity index (χ0) is 13.7. The molecule has 0 aliphatic rings. The molecule has 19 heavy (non-hydrogen) atoms. The molecule has 2 aromatic rings. The van der Waals surface area contributed by atoms with Crippen LogP contribution in [-0.4, -0.2) is 13.2 Å². The van der Waals surface area contributed by atoms with Crippen LogP contribution in [0.5, 0.6) is 5.75 Å². The van der Waals surface area contributed by atoms with Gasteiger partial charge in [0.2, 0.25) is 0 Å². The molecule has 0 atom stereocenters. The highest BCUT2D eigenvalue weighted by molar-refractivity contribution is 9.10. The number of nitrogens with one attached hydrogen (secondary N) is 1. The molecule has 0 amide bonds. The third-order valence-electron chi connectivity index (χ3n) is 2.88. The summed E-state index contributed by atoms with van der Waals surface area (Å²) in [5, 5.41) is 5.53. The summed E-state index contributed by atoms with van der Waals surface area (Å²) in [5.74, 6) is 0.903. The molecule has 0 saturated heterocycles. The van der Waals surface area contributed by atoms with Crippen molar-refractivity contribution in [2.45, 2.75) is 20.4 Å². The van der Waals surface area contributed by atoms with Crippen LogP contribution in [0.2, 0.25) is 0 Å². The molecule has 2 rings (SSSR count). The highest BCUT2D eigenvalue weighted by atomic mass is 79.9. The number of aryl methyl sites for hydroxylation is 2. The second-order valence-corrected chi connectivity index (χ2v) is 6.34. The number of halogens is 1. The van der Waals surface area contributed by atoms with Gasteiger partial charge in [0.1, 0.15) is 12.4 Å². The van der Waals surface area contributed by atoms with Crippen molar-refractivity contribution in [3.8, 4) is 5.75 Å². The molecule has 1 aromatic heterocycles. The first-order chi connectivity index (χ1) is 9.16. The Labute approximate surface area is 126 Å². The fourth-order valence-corrected chi connectivity index (χ4v) is 3.23. The Morgan fingerprint density at radius 1 is 1.26 bits per heavy atom. The Morgan fingerprint density at radius 2 is 2.11 bits per heavy atom. The monoisotopic (exact) mass is 339 g/mol. The highest BCUT2D eigenvalue weighted by Crippen LogP contribution is 2.25. The SMILES string of the molecule is Cc1ccc(OCCNCc2sccc2C)c(Br)c1. The summed E-state index contributed by atoms with van der Waals surface area (Å²) in [6, 6.07) is 8.28. The summed E-state index contributed by atoms with van der Waals surface area (Å²) >= 11 is 5.31. The summed E-state index contributed by atoms with van der Waals surface area (Å²) in [6.07, 6.45) is 0. The zero-order valence-electron chi connectivity index (χ0n) is 11.2. The lowest BCUT2D eigenvalue weighted by Gasteiger charge is -2.09. The second-order valence-electron chi connectivity index (χ2n) is 4.49. The molecule has 2 nitrogen and oxygen atoms in total. The molecule has 0 saturated carbocycles. The van der Waals surface area contributed by atoms with Gasteiger partial charge in [-0.25, -0.2) is 0 Å². The van der Waals surface area contributed by atoms with E-state index in [1.54, 1.807) is 11.3 Å². The molecule has 0 aliphatic heterocycles. The molecule has 1 N–H and O–H groups in total. The third kappa shape index (κ3) is 4.34. The lowest BCUT2D eigenvalue weighted by molar-refractivity contribution is 0.312. The number of hydrogen-bond acceptors (Lipinski definition) is 3. The third-order valence-corrected chi connectivity index (χ3v) is 4.52. The number of benzene rings is 1. The lowest BCUT2D eigenvalue weighted by atomic mass is 10.2. The van der Waals surface area contributed by atoms with Crippen LogP contribution < -0.4 is 10.1 Å². The van der Waals surface area contributed by atoms with Gasteiger partial charge in [-0.3, -0.25) is 0 Å². The summed E-state index contributed by atoms with van der Waals surface area (Å²) in [5.41, 5.74) is 2.59. The van der Waals surface area contributed by atoms with Crippen LogP contribution >= 0.6 is 27.3 Å². The Hall–Kier alpha value is -0.840. The Morgan fingerprint density at radius 3 is 2.79 bits per heavy atom. The maximum atomic E-state index is 5.74. The minimum absolute atomic E-state index is 0.673. The van der Waals surface area contributed by atoms with E-state index in [4.69, 9.17) is 4.74 Å². The van der Waals surface area contributed by atoms with Crippen molar-refractivity contribution in [1.29, 1.82) is 0 Å². The Kier molecular flexibility index (Phi) is 5.43. The van der Waals surface area contributed by atoms with E-state index in [-0.39, 0.29) is 0 Å². The summed E-state index contributed by atoms with van der Waals surface area (Å²) in [7, 11) is 0. The van der Waals surface area contributed by atoms with Crippen molar-refractivity contribution in [2.24, 2.45) is 0 Å². The molecule has 102 valence electrons. The van der Waals surface area contributed by atoms with Crippen molar-refractivity contribution >= 4 is 27.3 Å². The standard InChI is InChI=1S/C15H18BrNOS/c1-11-3-4-14(13(16)9-11)18-7-6-17-10-15-12(2)5-8-19-15/h3-5,8-9,17H,6-7,10H2,1-2H3. The minimum Gasteiger partial charge on any atom is -0.491 e. The van der Waals surface area contributed by atoms with E-state index in [1.165, 1.54) is 16.0 Å². The quantitative estimate of drug-likeness (QED) is 0.792. The summed E-state index contributed by atoms with van der Waals surface area (Å²) < 4.78 is 6.75. The van der Waals surface area contributed by atoms with Gasteiger partial charge in [-0.1, -0.05) is 6.07 Å². The largest absolute Gasteiger partial charge is 0.491 e. The van der Waals surface area contributed by atoms with Crippen LogP contribution in [0.15, 0.2) is 34.1 Å². The molecular formula is C15H18BrNOS. The molecule has 1 aromatic carbocycles. The van der Waals surface area contributed by atoms with E-state index in [1.807, 2.05) is 6.07 Å². The average Bonchev–Trinajstić information content (AvgIpc) is 2.77. The van der Waals surface area contributed by atoms with Gasteiger partial charge in [-0.05, 0) is 64.5 Å². The van der Waals surface area contributed by atoms with Crippen LogP contribution in [0.3, 0.4) is 0 Å². The van der Waals surface area contributed by atoms with Crippen LogP contribution in [0.25, 0.3) is 0 Å². The maximum Gasteiger partial charge on any atom is 0.133 e. The second kappa shape index (κ2) is 7.08. The van der Waals surface area contributed by atoms with Gasteiger partial charge in [0.05, 0.1) is 4.47 Å². The van der Waals surface area contributed by atoms with Gasteiger partial charge < -0.3 is 10.1 Å². The van der Waals surface area contributed by atoms with E-state index in [9.17, 15) is 0 Å². The number of thiophene rings is 1. The van der Waals surface area contributed by atoms with Crippen molar-refractivity contribution in [3.63, 3.8) is 0 Å².